The minimum atomic E-state index is -0.949. The molecule has 202 valence electrons. The van der Waals surface area contributed by atoms with Gasteiger partial charge in [0.2, 0.25) is 11.8 Å². The Balaban J connectivity index is 1.60. The van der Waals surface area contributed by atoms with Crippen LogP contribution in [0.4, 0.5) is 11.4 Å². The predicted octanol–water partition coefficient (Wildman–Crippen LogP) is 3.30. The lowest BCUT2D eigenvalue weighted by molar-refractivity contribution is -0.138. The molecule has 0 radical (unpaired) electrons. The summed E-state index contributed by atoms with van der Waals surface area (Å²) in [6, 6.07) is 17.6. The van der Waals surface area contributed by atoms with Crippen molar-refractivity contribution < 1.29 is 33.4 Å². The number of carbonyl (C=O) groups is 4. The molecular weight excluding hydrogens is 502 g/mol. The molecule has 39 heavy (non-hydrogen) atoms. The van der Waals surface area contributed by atoms with Gasteiger partial charge in [0.1, 0.15) is 29.8 Å². The molecule has 3 aromatic carbocycles. The molecule has 0 saturated heterocycles. The molecule has 4 rings (SSSR count). The van der Waals surface area contributed by atoms with Crippen LogP contribution in [0.3, 0.4) is 0 Å². The third-order valence-electron chi connectivity index (χ3n) is 6.52. The fourth-order valence-corrected chi connectivity index (χ4v) is 4.28. The van der Waals surface area contributed by atoms with Gasteiger partial charge in [-0.05, 0) is 48.9 Å². The molecule has 1 N–H and O–H groups in total. The maximum atomic E-state index is 13.7. The summed E-state index contributed by atoms with van der Waals surface area (Å²) in [4.78, 5) is 54.7. The summed E-state index contributed by atoms with van der Waals surface area (Å²) in [5, 5.41) is 2.81. The van der Waals surface area contributed by atoms with Gasteiger partial charge < -0.3 is 24.4 Å². The van der Waals surface area contributed by atoms with Crippen LogP contribution in [-0.2, 0) is 20.9 Å². The van der Waals surface area contributed by atoms with Crippen molar-refractivity contribution in [3.63, 3.8) is 0 Å². The number of carbonyl (C=O) groups excluding carboxylic acids is 4. The van der Waals surface area contributed by atoms with E-state index in [1.807, 2.05) is 0 Å². The molecule has 1 aliphatic rings. The predicted molar refractivity (Wildman–Crippen MR) is 144 cm³/mol. The van der Waals surface area contributed by atoms with Gasteiger partial charge in [0.15, 0.2) is 0 Å². The maximum absolute atomic E-state index is 13.7. The van der Waals surface area contributed by atoms with Crippen LogP contribution in [0.5, 0.6) is 17.2 Å². The van der Waals surface area contributed by atoms with E-state index in [2.05, 4.69) is 5.32 Å². The first kappa shape index (κ1) is 27.2. The number of rotatable bonds is 10. The van der Waals surface area contributed by atoms with E-state index in [0.29, 0.717) is 28.6 Å². The molecule has 10 heteroatoms. The normalized spacial score (nSPS) is 13.0. The van der Waals surface area contributed by atoms with E-state index >= 15 is 0 Å². The Bertz CT molecular complexity index is 1400. The number of nitrogens with one attached hydrogen (secondary N) is 1. The number of fused-ring (bicyclic) bond motifs is 1. The number of amides is 3. The first-order valence-corrected chi connectivity index (χ1v) is 12.2. The Hall–Kier alpha value is -4.86. The molecule has 0 bridgehead atoms. The van der Waals surface area contributed by atoms with Gasteiger partial charge in [-0.3, -0.25) is 24.1 Å². The second kappa shape index (κ2) is 11.7. The topological polar surface area (TPSA) is 114 Å². The number of ketones is 1. The maximum Gasteiger partial charge on any atom is 0.299 e. The Morgan fingerprint density at radius 2 is 1.56 bits per heavy atom. The van der Waals surface area contributed by atoms with Crippen molar-refractivity contribution in [1.29, 1.82) is 0 Å². The van der Waals surface area contributed by atoms with Crippen molar-refractivity contribution >= 4 is 34.9 Å². The van der Waals surface area contributed by atoms with Crippen LogP contribution in [0.25, 0.3) is 0 Å². The average molecular weight is 532 g/mol. The number of ether oxygens (including phenoxy) is 3. The van der Waals surface area contributed by atoms with Crippen LogP contribution >= 0.6 is 0 Å². The Morgan fingerprint density at radius 3 is 2.23 bits per heavy atom. The summed E-state index contributed by atoms with van der Waals surface area (Å²) in [6.45, 7) is 1.27. The average Bonchev–Trinajstić information content (AvgIpc) is 3.20. The van der Waals surface area contributed by atoms with Crippen LogP contribution in [0.1, 0.15) is 22.8 Å². The van der Waals surface area contributed by atoms with E-state index in [9.17, 15) is 19.2 Å². The van der Waals surface area contributed by atoms with Crippen molar-refractivity contribution in [3.05, 3.63) is 77.9 Å². The van der Waals surface area contributed by atoms with Gasteiger partial charge in [-0.2, -0.15) is 0 Å². The first-order chi connectivity index (χ1) is 18.8. The van der Waals surface area contributed by atoms with E-state index in [4.69, 9.17) is 14.2 Å². The Kier molecular flexibility index (Phi) is 8.14. The van der Waals surface area contributed by atoms with Gasteiger partial charge in [-0.25, -0.2) is 0 Å². The molecule has 1 atom stereocenters. The standard InChI is InChI=1S/C29H29N3O7/c1-18(28(35)30-23-14-13-21(38-3)15-25(23)39-4)31(16-19-9-11-20(37-2)12-10-19)26(33)17-32-24-8-6-5-7-22(24)27(34)29(32)36/h5-15,18H,16-17H2,1-4H3,(H,30,35). The molecule has 0 aromatic heterocycles. The second-order valence-corrected chi connectivity index (χ2v) is 8.84. The SMILES string of the molecule is COc1ccc(CN(C(=O)CN2C(=O)C(=O)c3ccccc32)C(C)C(=O)Nc2ccc(OC)cc2OC)cc1. The summed E-state index contributed by atoms with van der Waals surface area (Å²) >= 11 is 0. The van der Waals surface area contributed by atoms with Crippen molar-refractivity contribution in [2.45, 2.75) is 19.5 Å². The number of methoxy groups -OCH3 is 3. The molecule has 3 aromatic rings. The molecule has 0 saturated carbocycles. The molecule has 1 unspecified atom stereocenters. The number of hydrogen-bond acceptors (Lipinski definition) is 7. The third kappa shape index (κ3) is 5.69. The van der Waals surface area contributed by atoms with Crippen molar-refractivity contribution in [3.8, 4) is 17.2 Å². The van der Waals surface area contributed by atoms with E-state index < -0.39 is 36.1 Å². The molecular formula is C29H29N3O7. The number of Topliss-reactive ketones (excluding diaryl/α,β-unsaturated/α-hetero) is 1. The monoisotopic (exact) mass is 531 g/mol. The number of benzene rings is 3. The zero-order valence-electron chi connectivity index (χ0n) is 22.1. The molecule has 0 spiro atoms. The number of hydrogen-bond donors (Lipinski definition) is 1. The van der Waals surface area contributed by atoms with E-state index in [1.165, 1.54) is 19.1 Å². The Morgan fingerprint density at radius 1 is 0.897 bits per heavy atom. The van der Waals surface area contributed by atoms with Crippen LogP contribution in [0.15, 0.2) is 66.7 Å². The van der Waals surface area contributed by atoms with E-state index in [0.717, 1.165) is 10.5 Å². The van der Waals surface area contributed by atoms with Crippen molar-refractivity contribution in [1.82, 2.24) is 4.90 Å². The lowest BCUT2D eigenvalue weighted by atomic mass is 10.1. The fourth-order valence-electron chi connectivity index (χ4n) is 4.28. The van der Waals surface area contributed by atoms with Crippen LogP contribution in [-0.4, -0.2) is 62.3 Å². The summed E-state index contributed by atoms with van der Waals surface area (Å²) in [7, 11) is 4.55. The van der Waals surface area contributed by atoms with E-state index in [1.54, 1.807) is 80.8 Å². The highest BCUT2D eigenvalue weighted by Crippen LogP contribution is 2.30. The highest BCUT2D eigenvalue weighted by Gasteiger charge is 2.38. The minimum absolute atomic E-state index is 0.0782. The van der Waals surface area contributed by atoms with Crippen LogP contribution < -0.4 is 24.4 Å². The van der Waals surface area contributed by atoms with Gasteiger partial charge in [-0.1, -0.05) is 24.3 Å². The van der Waals surface area contributed by atoms with Gasteiger partial charge in [-0.15, -0.1) is 0 Å². The molecule has 1 heterocycles. The molecule has 0 fully saturated rings. The van der Waals surface area contributed by atoms with E-state index in [-0.39, 0.29) is 12.1 Å². The highest BCUT2D eigenvalue weighted by molar-refractivity contribution is 6.52. The number of para-hydroxylation sites is 1. The largest absolute Gasteiger partial charge is 0.497 e. The van der Waals surface area contributed by atoms with Crippen molar-refractivity contribution in [2.24, 2.45) is 0 Å². The van der Waals surface area contributed by atoms with Gasteiger partial charge in [0, 0.05) is 12.6 Å². The summed E-state index contributed by atoms with van der Waals surface area (Å²) in [6.07, 6.45) is 0. The second-order valence-electron chi connectivity index (χ2n) is 8.84. The Labute approximate surface area is 226 Å². The number of nitrogens with zero attached hydrogens (tertiary/aromatic N) is 2. The van der Waals surface area contributed by atoms with Crippen LogP contribution in [0.2, 0.25) is 0 Å². The lowest BCUT2D eigenvalue weighted by Gasteiger charge is -2.30. The quantitative estimate of drug-likeness (QED) is 0.399. The summed E-state index contributed by atoms with van der Waals surface area (Å²) in [5.41, 5.74) is 1.76. The molecule has 1 aliphatic heterocycles. The first-order valence-electron chi connectivity index (χ1n) is 12.2. The smallest absolute Gasteiger partial charge is 0.299 e. The van der Waals surface area contributed by atoms with Gasteiger partial charge in [0.25, 0.3) is 11.7 Å². The zero-order chi connectivity index (χ0) is 28.1. The van der Waals surface area contributed by atoms with Crippen LogP contribution in [0, 0.1) is 0 Å². The van der Waals surface area contributed by atoms with Crippen molar-refractivity contribution in [2.75, 3.05) is 38.1 Å². The lowest BCUT2D eigenvalue weighted by Crippen LogP contribution is -2.49. The summed E-state index contributed by atoms with van der Waals surface area (Å²) < 4.78 is 15.8. The minimum Gasteiger partial charge on any atom is -0.497 e. The molecule has 0 aliphatic carbocycles. The highest BCUT2D eigenvalue weighted by atomic mass is 16.5. The third-order valence-corrected chi connectivity index (χ3v) is 6.52. The van der Waals surface area contributed by atoms with Gasteiger partial charge >= 0.3 is 0 Å². The zero-order valence-corrected chi connectivity index (χ0v) is 22.1. The molecule has 3 amide bonds. The fraction of sp³-hybridized carbons (Fsp3) is 0.241. The number of anilines is 2. The molecule has 10 nitrogen and oxygen atoms in total. The van der Waals surface area contributed by atoms with Gasteiger partial charge in [0.05, 0.1) is 38.3 Å². The summed E-state index contributed by atoms with van der Waals surface area (Å²) in [5.74, 6) is -0.837.